The van der Waals surface area contributed by atoms with E-state index in [1.807, 2.05) is 6.07 Å². The highest BCUT2D eigenvalue weighted by Crippen LogP contribution is 2.54. The molecule has 0 radical (unpaired) electrons. The molecule has 0 amide bonds. The van der Waals surface area contributed by atoms with Gasteiger partial charge in [-0.2, -0.15) is 4.39 Å². The van der Waals surface area contributed by atoms with Crippen LogP contribution in [0.25, 0.3) is 66.2 Å². The molecule has 6 aromatic rings. The zero-order valence-electron chi connectivity index (χ0n) is 20.1. The number of hydrogen-bond donors (Lipinski definition) is 0. The first-order chi connectivity index (χ1) is 17.5. The Balaban J connectivity index is 1.49. The molecular formula is C34H22FN. The van der Waals surface area contributed by atoms with Gasteiger partial charge in [0.15, 0.2) is 0 Å². The van der Waals surface area contributed by atoms with Crippen LogP contribution in [0.15, 0.2) is 97.1 Å². The summed E-state index contributed by atoms with van der Waals surface area (Å²) in [6.07, 6.45) is 0. The Morgan fingerprint density at radius 3 is 2.11 bits per heavy atom. The lowest BCUT2D eigenvalue weighted by Gasteiger charge is -2.22. The quantitative estimate of drug-likeness (QED) is 0.175. The molecule has 1 nitrogen and oxygen atoms in total. The molecule has 36 heavy (non-hydrogen) atoms. The van der Waals surface area contributed by atoms with Crippen LogP contribution in [0.4, 0.5) is 4.39 Å². The van der Waals surface area contributed by atoms with E-state index in [4.69, 9.17) is 0 Å². The second kappa shape index (κ2) is 6.67. The average molecular weight is 464 g/mol. The Hall–Kier alpha value is -4.30. The van der Waals surface area contributed by atoms with Crippen molar-refractivity contribution in [3.8, 4) is 44.6 Å². The van der Waals surface area contributed by atoms with Gasteiger partial charge in [0.25, 0.3) is 0 Å². The molecular weight excluding hydrogens is 441 g/mol. The normalized spacial score (nSPS) is 14.2. The second-order valence-corrected chi connectivity index (χ2v) is 10.5. The molecule has 2 aliphatic carbocycles. The summed E-state index contributed by atoms with van der Waals surface area (Å²) < 4.78 is 14.3. The number of rotatable bonds is 1. The SMILES string of the molecule is CC1(C)c2ccccc2-c2ccc(-c3c4ccccc4c4c5c(cccc35)-c3ccc(F)nc3-4)cc21. The highest BCUT2D eigenvalue weighted by Gasteiger charge is 2.35. The van der Waals surface area contributed by atoms with Gasteiger partial charge in [-0.3, -0.25) is 0 Å². The molecule has 0 bridgehead atoms. The van der Waals surface area contributed by atoms with Gasteiger partial charge in [-0.25, -0.2) is 4.98 Å². The van der Waals surface area contributed by atoms with Crippen LogP contribution in [0.3, 0.4) is 0 Å². The van der Waals surface area contributed by atoms with Gasteiger partial charge >= 0.3 is 0 Å². The van der Waals surface area contributed by atoms with Crippen LogP contribution in [0.2, 0.25) is 0 Å². The summed E-state index contributed by atoms with van der Waals surface area (Å²) in [5, 5.41) is 4.65. The van der Waals surface area contributed by atoms with Gasteiger partial charge in [0.2, 0.25) is 5.95 Å². The standard InChI is InChI=1S/C34H22FN/c1-34(2)27-13-6-5-8-20(27)21-15-14-19(18-28(21)34)30-22-9-3-4-10-23(22)32-31-24(11-7-12-26(30)31)25-16-17-29(35)36-33(25)32/h3-18H,1-2H3. The lowest BCUT2D eigenvalue weighted by Crippen LogP contribution is -2.14. The predicted octanol–water partition coefficient (Wildman–Crippen LogP) is 9.15. The largest absolute Gasteiger partial charge is 0.219 e. The number of halogens is 1. The average Bonchev–Trinajstić information content (AvgIpc) is 3.34. The molecule has 2 aliphatic rings. The minimum atomic E-state index is -0.441. The van der Waals surface area contributed by atoms with E-state index in [1.54, 1.807) is 0 Å². The fourth-order valence-corrected chi connectivity index (χ4v) is 6.71. The van der Waals surface area contributed by atoms with E-state index < -0.39 is 5.95 Å². The van der Waals surface area contributed by atoms with Crippen LogP contribution in [0, 0.1) is 5.95 Å². The summed E-state index contributed by atoms with van der Waals surface area (Å²) in [6, 6.07) is 34.0. The monoisotopic (exact) mass is 463 g/mol. The lowest BCUT2D eigenvalue weighted by molar-refractivity contribution is 0.586. The van der Waals surface area contributed by atoms with E-state index in [0.29, 0.717) is 0 Å². The number of fused-ring (bicyclic) bond motifs is 8. The topological polar surface area (TPSA) is 12.9 Å². The van der Waals surface area contributed by atoms with E-state index in [0.717, 1.165) is 27.8 Å². The molecule has 1 heterocycles. The summed E-state index contributed by atoms with van der Waals surface area (Å²) >= 11 is 0. The summed E-state index contributed by atoms with van der Waals surface area (Å²) in [5.41, 5.74) is 11.7. The van der Waals surface area contributed by atoms with Gasteiger partial charge in [-0.05, 0) is 73.3 Å². The van der Waals surface area contributed by atoms with Crippen molar-refractivity contribution in [2.24, 2.45) is 0 Å². The third-order valence-electron chi connectivity index (χ3n) is 8.31. The first-order valence-electron chi connectivity index (χ1n) is 12.4. The maximum absolute atomic E-state index is 14.3. The van der Waals surface area contributed by atoms with Crippen molar-refractivity contribution in [2.45, 2.75) is 19.3 Å². The number of pyridine rings is 1. The minimum absolute atomic E-state index is 0.0652. The fourth-order valence-electron chi connectivity index (χ4n) is 6.71. The Morgan fingerprint density at radius 2 is 1.25 bits per heavy atom. The highest BCUT2D eigenvalue weighted by molar-refractivity contribution is 6.28. The van der Waals surface area contributed by atoms with E-state index in [1.165, 1.54) is 55.6 Å². The van der Waals surface area contributed by atoms with E-state index in [9.17, 15) is 4.39 Å². The molecule has 0 aliphatic heterocycles. The first-order valence-corrected chi connectivity index (χ1v) is 12.4. The van der Waals surface area contributed by atoms with Crippen molar-refractivity contribution < 1.29 is 4.39 Å². The van der Waals surface area contributed by atoms with Crippen molar-refractivity contribution in [3.05, 3.63) is 114 Å². The highest BCUT2D eigenvalue weighted by atomic mass is 19.1. The zero-order chi connectivity index (χ0) is 24.2. The smallest absolute Gasteiger partial charge is 0.213 e. The Labute approximate surface area is 208 Å². The first kappa shape index (κ1) is 19.9. The fraction of sp³-hybridized carbons (Fsp3) is 0.0882. The van der Waals surface area contributed by atoms with Crippen molar-refractivity contribution >= 4 is 21.5 Å². The molecule has 0 spiro atoms. The molecule has 0 atom stereocenters. The van der Waals surface area contributed by atoms with Gasteiger partial charge in [0, 0.05) is 21.9 Å². The van der Waals surface area contributed by atoms with Crippen LogP contribution in [-0.4, -0.2) is 4.98 Å². The lowest BCUT2D eigenvalue weighted by atomic mass is 9.81. The molecule has 170 valence electrons. The minimum Gasteiger partial charge on any atom is -0.219 e. The number of nitrogens with zero attached hydrogens (tertiary/aromatic N) is 1. The Kier molecular flexibility index (Phi) is 3.70. The van der Waals surface area contributed by atoms with Crippen molar-refractivity contribution in [2.75, 3.05) is 0 Å². The van der Waals surface area contributed by atoms with Gasteiger partial charge < -0.3 is 0 Å². The maximum Gasteiger partial charge on any atom is 0.213 e. The van der Waals surface area contributed by atoms with Crippen LogP contribution in [0.1, 0.15) is 25.0 Å². The molecule has 5 aromatic carbocycles. The van der Waals surface area contributed by atoms with Crippen molar-refractivity contribution in [3.63, 3.8) is 0 Å². The van der Waals surface area contributed by atoms with Crippen molar-refractivity contribution in [1.29, 1.82) is 0 Å². The van der Waals surface area contributed by atoms with Gasteiger partial charge in [0.1, 0.15) is 0 Å². The van der Waals surface area contributed by atoms with Gasteiger partial charge in [-0.15, -0.1) is 0 Å². The zero-order valence-corrected chi connectivity index (χ0v) is 20.1. The van der Waals surface area contributed by atoms with E-state index in [-0.39, 0.29) is 5.41 Å². The van der Waals surface area contributed by atoms with E-state index >= 15 is 0 Å². The summed E-state index contributed by atoms with van der Waals surface area (Å²) in [6.45, 7) is 4.65. The summed E-state index contributed by atoms with van der Waals surface area (Å²) in [5.74, 6) is -0.441. The molecule has 0 unspecified atom stereocenters. The number of aromatic nitrogens is 1. The van der Waals surface area contributed by atoms with Crippen molar-refractivity contribution in [1.82, 2.24) is 4.98 Å². The maximum atomic E-state index is 14.3. The second-order valence-electron chi connectivity index (χ2n) is 10.5. The predicted molar refractivity (Wildman–Crippen MR) is 147 cm³/mol. The van der Waals surface area contributed by atoms with Gasteiger partial charge in [0.05, 0.1) is 5.69 Å². The molecule has 8 rings (SSSR count). The van der Waals surface area contributed by atoms with Crippen LogP contribution in [-0.2, 0) is 5.41 Å². The third-order valence-corrected chi connectivity index (χ3v) is 8.31. The number of benzene rings is 5. The summed E-state index contributed by atoms with van der Waals surface area (Å²) in [7, 11) is 0. The molecule has 0 fully saturated rings. The Bertz CT molecular complexity index is 1930. The van der Waals surface area contributed by atoms with Crippen LogP contribution in [0.5, 0.6) is 0 Å². The van der Waals surface area contributed by atoms with Crippen LogP contribution < -0.4 is 0 Å². The number of hydrogen-bond acceptors (Lipinski definition) is 1. The molecule has 0 saturated carbocycles. The van der Waals surface area contributed by atoms with Gasteiger partial charge in [-0.1, -0.05) is 92.7 Å². The third kappa shape index (κ3) is 2.37. The molecule has 1 aromatic heterocycles. The van der Waals surface area contributed by atoms with E-state index in [2.05, 4.69) is 104 Å². The molecule has 0 N–H and O–H groups in total. The molecule has 2 heteroatoms. The Morgan fingerprint density at radius 1 is 0.583 bits per heavy atom. The van der Waals surface area contributed by atoms with Crippen LogP contribution >= 0.6 is 0 Å². The molecule has 0 saturated heterocycles. The summed E-state index contributed by atoms with van der Waals surface area (Å²) in [4.78, 5) is 4.37.